The second kappa shape index (κ2) is 5.65. The standard InChI is InChI=1S/C13H15FN2O/c14-13-7-12(5-4-10(13)8-15)17-9-11-3-1-2-6-16-11/h4-5,7,11,16H,1-3,6,9H2. The Balaban J connectivity index is 1.90. The Kier molecular flexibility index (Phi) is 3.94. The minimum atomic E-state index is -0.526. The van der Waals surface area contributed by atoms with Crippen LogP contribution in [0.25, 0.3) is 0 Å². The van der Waals surface area contributed by atoms with Gasteiger partial charge in [-0.25, -0.2) is 4.39 Å². The molecule has 1 saturated heterocycles. The maximum Gasteiger partial charge on any atom is 0.144 e. The van der Waals surface area contributed by atoms with E-state index in [-0.39, 0.29) is 5.56 Å². The molecule has 1 unspecified atom stereocenters. The van der Waals surface area contributed by atoms with E-state index in [0.717, 1.165) is 13.0 Å². The maximum atomic E-state index is 13.3. The van der Waals surface area contributed by atoms with Crippen LogP contribution in [0.15, 0.2) is 18.2 Å². The summed E-state index contributed by atoms with van der Waals surface area (Å²) in [4.78, 5) is 0. The number of rotatable bonds is 3. The molecule has 2 rings (SSSR count). The maximum absolute atomic E-state index is 13.3. The molecule has 1 aromatic carbocycles. The fourth-order valence-electron chi connectivity index (χ4n) is 1.94. The van der Waals surface area contributed by atoms with Crippen molar-refractivity contribution in [3.05, 3.63) is 29.6 Å². The Morgan fingerprint density at radius 3 is 3.00 bits per heavy atom. The van der Waals surface area contributed by atoms with Crippen molar-refractivity contribution in [2.24, 2.45) is 0 Å². The Hall–Kier alpha value is -1.60. The highest BCUT2D eigenvalue weighted by Gasteiger charge is 2.13. The van der Waals surface area contributed by atoms with Gasteiger partial charge in [-0.05, 0) is 31.5 Å². The molecule has 1 atom stereocenters. The van der Waals surface area contributed by atoms with Gasteiger partial charge in [-0.2, -0.15) is 5.26 Å². The van der Waals surface area contributed by atoms with Crippen molar-refractivity contribution in [1.82, 2.24) is 5.32 Å². The van der Waals surface area contributed by atoms with Crippen LogP contribution in [0, 0.1) is 17.1 Å². The number of hydrogen-bond acceptors (Lipinski definition) is 3. The van der Waals surface area contributed by atoms with E-state index in [1.807, 2.05) is 0 Å². The zero-order valence-electron chi connectivity index (χ0n) is 9.58. The molecule has 1 heterocycles. The van der Waals surface area contributed by atoms with Crippen molar-refractivity contribution in [3.8, 4) is 11.8 Å². The van der Waals surface area contributed by atoms with Crippen molar-refractivity contribution in [3.63, 3.8) is 0 Å². The van der Waals surface area contributed by atoms with Crippen LogP contribution < -0.4 is 10.1 Å². The zero-order chi connectivity index (χ0) is 12.1. The minimum Gasteiger partial charge on any atom is -0.492 e. The molecule has 0 amide bonds. The highest BCUT2D eigenvalue weighted by Crippen LogP contribution is 2.17. The Labute approximate surface area is 100 Å². The van der Waals surface area contributed by atoms with E-state index in [1.54, 1.807) is 12.1 Å². The number of nitrogens with one attached hydrogen (secondary N) is 1. The van der Waals surface area contributed by atoms with Gasteiger partial charge in [-0.1, -0.05) is 6.42 Å². The van der Waals surface area contributed by atoms with Crippen LogP contribution in [0.3, 0.4) is 0 Å². The first-order valence-electron chi connectivity index (χ1n) is 5.85. The van der Waals surface area contributed by atoms with Gasteiger partial charge < -0.3 is 10.1 Å². The van der Waals surface area contributed by atoms with Crippen molar-refractivity contribution < 1.29 is 9.13 Å². The first-order valence-corrected chi connectivity index (χ1v) is 5.85. The Morgan fingerprint density at radius 2 is 2.35 bits per heavy atom. The average Bonchev–Trinajstić information content (AvgIpc) is 2.38. The van der Waals surface area contributed by atoms with Gasteiger partial charge in [0.2, 0.25) is 0 Å². The first-order chi connectivity index (χ1) is 8.29. The lowest BCUT2D eigenvalue weighted by atomic mass is 10.1. The molecule has 0 spiro atoms. The number of halogens is 1. The molecule has 90 valence electrons. The van der Waals surface area contributed by atoms with Crippen LogP contribution >= 0.6 is 0 Å². The molecular weight excluding hydrogens is 219 g/mol. The van der Waals surface area contributed by atoms with Gasteiger partial charge in [-0.15, -0.1) is 0 Å². The highest BCUT2D eigenvalue weighted by atomic mass is 19.1. The molecule has 3 nitrogen and oxygen atoms in total. The van der Waals surface area contributed by atoms with Crippen LogP contribution in [-0.2, 0) is 0 Å². The van der Waals surface area contributed by atoms with Crippen molar-refractivity contribution >= 4 is 0 Å². The van der Waals surface area contributed by atoms with Crippen LogP contribution in [0.1, 0.15) is 24.8 Å². The summed E-state index contributed by atoms with van der Waals surface area (Å²) in [5.74, 6) is -0.0459. The molecule has 1 aromatic rings. The fourth-order valence-corrected chi connectivity index (χ4v) is 1.94. The van der Waals surface area contributed by atoms with E-state index in [4.69, 9.17) is 10.00 Å². The molecule has 1 N–H and O–H groups in total. The van der Waals surface area contributed by atoms with Gasteiger partial charge in [0.1, 0.15) is 24.2 Å². The first kappa shape index (κ1) is 11.9. The van der Waals surface area contributed by atoms with Crippen molar-refractivity contribution in [1.29, 1.82) is 5.26 Å². The van der Waals surface area contributed by atoms with E-state index >= 15 is 0 Å². The molecule has 17 heavy (non-hydrogen) atoms. The van der Waals surface area contributed by atoms with Crippen LogP contribution in [-0.4, -0.2) is 19.2 Å². The van der Waals surface area contributed by atoms with Gasteiger partial charge in [0, 0.05) is 12.1 Å². The van der Waals surface area contributed by atoms with E-state index in [2.05, 4.69) is 5.32 Å². The number of benzene rings is 1. The Morgan fingerprint density at radius 1 is 1.47 bits per heavy atom. The van der Waals surface area contributed by atoms with Crippen molar-refractivity contribution in [2.45, 2.75) is 25.3 Å². The number of hydrogen-bond donors (Lipinski definition) is 1. The van der Waals surface area contributed by atoms with Gasteiger partial charge in [0.05, 0.1) is 5.56 Å². The molecule has 0 aromatic heterocycles. The van der Waals surface area contributed by atoms with Gasteiger partial charge in [0.15, 0.2) is 0 Å². The second-order valence-electron chi connectivity index (χ2n) is 4.21. The third-order valence-corrected chi connectivity index (χ3v) is 2.92. The lowest BCUT2D eigenvalue weighted by molar-refractivity contribution is 0.238. The average molecular weight is 234 g/mol. The summed E-state index contributed by atoms with van der Waals surface area (Å²) in [6.45, 7) is 1.57. The Bertz CT molecular complexity index is 422. The van der Waals surface area contributed by atoms with E-state index in [0.29, 0.717) is 18.4 Å². The molecule has 0 bridgehead atoms. The largest absolute Gasteiger partial charge is 0.492 e. The summed E-state index contributed by atoms with van der Waals surface area (Å²) < 4.78 is 18.8. The second-order valence-corrected chi connectivity index (χ2v) is 4.21. The molecule has 4 heteroatoms. The number of nitriles is 1. The van der Waals surface area contributed by atoms with Crippen LogP contribution in [0.2, 0.25) is 0 Å². The molecule has 0 aliphatic carbocycles. The van der Waals surface area contributed by atoms with Gasteiger partial charge in [-0.3, -0.25) is 0 Å². The number of piperidine rings is 1. The minimum absolute atomic E-state index is 0.0492. The normalized spacial score (nSPS) is 19.6. The van der Waals surface area contributed by atoms with Crippen LogP contribution in [0.4, 0.5) is 4.39 Å². The lowest BCUT2D eigenvalue weighted by Crippen LogP contribution is -2.38. The molecule has 1 aliphatic rings. The predicted octanol–water partition coefficient (Wildman–Crippen LogP) is 2.22. The fraction of sp³-hybridized carbons (Fsp3) is 0.462. The predicted molar refractivity (Wildman–Crippen MR) is 62.3 cm³/mol. The third-order valence-electron chi connectivity index (χ3n) is 2.92. The van der Waals surface area contributed by atoms with Gasteiger partial charge >= 0.3 is 0 Å². The summed E-state index contributed by atoms with van der Waals surface area (Å²) >= 11 is 0. The monoisotopic (exact) mass is 234 g/mol. The molecule has 1 fully saturated rings. The summed E-state index contributed by atoms with van der Waals surface area (Å²) in [6, 6.07) is 6.47. The highest BCUT2D eigenvalue weighted by molar-refractivity contribution is 5.36. The topological polar surface area (TPSA) is 45.0 Å². The third kappa shape index (κ3) is 3.18. The summed E-state index contributed by atoms with van der Waals surface area (Å²) in [5, 5.41) is 12.0. The molecule has 1 aliphatic heterocycles. The molecular formula is C13H15FN2O. The van der Waals surface area contributed by atoms with E-state index in [9.17, 15) is 4.39 Å². The quantitative estimate of drug-likeness (QED) is 0.872. The summed E-state index contributed by atoms with van der Waals surface area (Å²) in [5.41, 5.74) is 0.0492. The zero-order valence-corrected chi connectivity index (χ0v) is 9.58. The SMILES string of the molecule is N#Cc1ccc(OCC2CCCCN2)cc1F. The number of ether oxygens (including phenoxy) is 1. The molecule has 0 radical (unpaired) electrons. The van der Waals surface area contributed by atoms with Crippen LogP contribution in [0.5, 0.6) is 5.75 Å². The van der Waals surface area contributed by atoms with E-state index < -0.39 is 5.82 Å². The summed E-state index contributed by atoms with van der Waals surface area (Å²) in [6.07, 6.45) is 3.52. The smallest absolute Gasteiger partial charge is 0.144 e. The number of nitrogens with zero attached hydrogens (tertiary/aromatic N) is 1. The lowest BCUT2D eigenvalue weighted by Gasteiger charge is -2.23. The van der Waals surface area contributed by atoms with E-state index in [1.165, 1.54) is 25.0 Å². The summed E-state index contributed by atoms with van der Waals surface area (Å²) in [7, 11) is 0. The van der Waals surface area contributed by atoms with Crippen molar-refractivity contribution in [2.75, 3.05) is 13.2 Å². The van der Waals surface area contributed by atoms with Gasteiger partial charge in [0.25, 0.3) is 0 Å². The molecule has 0 saturated carbocycles.